The van der Waals surface area contributed by atoms with Gasteiger partial charge >= 0.3 is 0 Å². The third-order valence-corrected chi connectivity index (χ3v) is 5.11. The van der Waals surface area contributed by atoms with Crippen molar-refractivity contribution in [3.05, 3.63) is 74.1 Å². The second-order valence-corrected chi connectivity index (χ2v) is 7.77. The second-order valence-electron chi connectivity index (χ2n) is 5.91. The van der Waals surface area contributed by atoms with Gasteiger partial charge in [0.2, 0.25) is 5.91 Å². The van der Waals surface area contributed by atoms with Gasteiger partial charge in [-0.3, -0.25) is 9.59 Å². The van der Waals surface area contributed by atoms with E-state index in [1.807, 2.05) is 42.6 Å². The third-order valence-electron chi connectivity index (χ3n) is 3.72. The number of ether oxygens (including phenoxy) is 1. The van der Waals surface area contributed by atoms with Gasteiger partial charge in [0.1, 0.15) is 17.4 Å². The lowest BCUT2D eigenvalue weighted by atomic mass is 10.2. The fraction of sp³-hybridized carbons (Fsp3) is 0.150. The van der Waals surface area contributed by atoms with Crippen molar-refractivity contribution in [1.82, 2.24) is 4.98 Å². The lowest BCUT2D eigenvalue weighted by Crippen LogP contribution is -2.14. The topological polar surface area (TPSA) is 68.3 Å². The molecule has 0 aliphatic rings. The molecule has 0 atom stereocenters. The molecule has 0 saturated carbocycles. The Morgan fingerprint density at radius 1 is 1.26 bits per heavy atom. The predicted molar refractivity (Wildman–Crippen MR) is 109 cm³/mol. The SMILES string of the molecule is Cc1ccc(NC(=O)Cc2nc(COc3ccc(Br)cc3C=O)cs2)cc1. The first-order valence-electron chi connectivity index (χ1n) is 8.21. The summed E-state index contributed by atoms with van der Waals surface area (Å²) in [6, 6.07) is 12.9. The summed E-state index contributed by atoms with van der Waals surface area (Å²) >= 11 is 4.73. The third kappa shape index (κ3) is 5.48. The fourth-order valence-corrected chi connectivity index (χ4v) is 3.53. The van der Waals surface area contributed by atoms with Crippen molar-refractivity contribution >= 4 is 45.1 Å². The van der Waals surface area contributed by atoms with E-state index in [4.69, 9.17) is 4.74 Å². The molecule has 0 unspecified atom stereocenters. The van der Waals surface area contributed by atoms with E-state index < -0.39 is 0 Å². The van der Waals surface area contributed by atoms with Crippen molar-refractivity contribution in [2.24, 2.45) is 0 Å². The normalized spacial score (nSPS) is 10.4. The number of anilines is 1. The quantitative estimate of drug-likeness (QED) is 0.532. The molecule has 0 fully saturated rings. The molecule has 27 heavy (non-hydrogen) atoms. The number of nitrogens with zero attached hydrogens (tertiary/aromatic N) is 1. The number of aromatic nitrogens is 1. The minimum atomic E-state index is -0.114. The average Bonchev–Trinajstić information content (AvgIpc) is 3.09. The smallest absolute Gasteiger partial charge is 0.231 e. The van der Waals surface area contributed by atoms with Crippen molar-refractivity contribution < 1.29 is 14.3 Å². The van der Waals surface area contributed by atoms with Crippen LogP contribution in [0.4, 0.5) is 5.69 Å². The Hall–Kier alpha value is -2.51. The van der Waals surface area contributed by atoms with E-state index in [1.165, 1.54) is 11.3 Å². The number of hydrogen-bond acceptors (Lipinski definition) is 5. The summed E-state index contributed by atoms with van der Waals surface area (Å²) in [6.45, 7) is 2.23. The summed E-state index contributed by atoms with van der Waals surface area (Å²) in [5, 5.41) is 5.43. The van der Waals surface area contributed by atoms with Crippen LogP contribution in [0.15, 0.2) is 52.3 Å². The Balaban J connectivity index is 1.56. The molecule has 0 saturated heterocycles. The van der Waals surface area contributed by atoms with Crippen LogP contribution >= 0.6 is 27.3 Å². The molecule has 7 heteroatoms. The zero-order valence-corrected chi connectivity index (χ0v) is 17.0. The van der Waals surface area contributed by atoms with Gasteiger partial charge in [-0.25, -0.2) is 4.98 Å². The number of carbonyl (C=O) groups is 2. The molecule has 3 rings (SSSR count). The van der Waals surface area contributed by atoms with E-state index in [1.54, 1.807) is 12.1 Å². The maximum atomic E-state index is 12.2. The Kier molecular flexibility index (Phi) is 6.36. The zero-order chi connectivity index (χ0) is 19.2. The van der Waals surface area contributed by atoms with E-state index in [9.17, 15) is 9.59 Å². The number of halogens is 1. The maximum Gasteiger partial charge on any atom is 0.231 e. The zero-order valence-electron chi connectivity index (χ0n) is 14.6. The molecular weight excluding hydrogens is 428 g/mol. The Morgan fingerprint density at radius 3 is 2.78 bits per heavy atom. The molecule has 1 heterocycles. The van der Waals surface area contributed by atoms with Crippen LogP contribution in [0.25, 0.3) is 0 Å². The number of nitrogens with one attached hydrogen (secondary N) is 1. The summed E-state index contributed by atoms with van der Waals surface area (Å²) in [7, 11) is 0. The first-order chi connectivity index (χ1) is 13.0. The lowest BCUT2D eigenvalue weighted by Gasteiger charge is -2.07. The minimum Gasteiger partial charge on any atom is -0.487 e. The number of aryl methyl sites for hydroxylation is 1. The molecule has 2 aromatic carbocycles. The molecular formula is C20H17BrN2O3S. The fourth-order valence-electron chi connectivity index (χ4n) is 2.37. The van der Waals surface area contributed by atoms with Crippen LogP contribution in [0, 0.1) is 6.92 Å². The van der Waals surface area contributed by atoms with Gasteiger partial charge in [0.25, 0.3) is 0 Å². The van der Waals surface area contributed by atoms with Crippen LogP contribution in [0.1, 0.15) is 26.6 Å². The number of hydrogen-bond donors (Lipinski definition) is 1. The van der Waals surface area contributed by atoms with Crippen molar-refractivity contribution in [2.45, 2.75) is 20.0 Å². The van der Waals surface area contributed by atoms with Crippen molar-refractivity contribution in [3.8, 4) is 5.75 Å². The van der Waals surface area contributed by atoms with Gasteiger partial charge in [-0.2, -0.15) is 0 Å². The van der Waals surface area contributed by atoms with Gasteiger partial charge < -0.3 is 10.1 Å². The number of aldehydes is 1. The highest BCUT2D eigenvalue weighted by molar-refractivity contribution is 9.10. The number of amides is 1. The van der Waals surface area contributed by atoms with E-state index in [-0.39, 0.29) is 18.9 Å². The van der Waals surface area contributed by atoms with Crippen LogP contribution in [0.2, 0.25) is 0 Å². The van der Waals surface area contributed by atoms with E-state index in [2.05, 4.69) is 26.2 Å². The molecule has 5 nitrogen and oxygen atoms in total. The molecule has 1 aromatic heterocycles. The van der Waals surface area contributed by atoms with Crippen molar-refractivity contribution in [2.75, 3.05) is 5.32 Å². The summed E-state index contributed by atoms with van der Waals surface area (Å²) in [5.74, 6) is 0.386. The first-order valence-corrected chi connectivity index (χ1v) is 9.88. The van der Waals surface area contributed by atoms with Crippen LogP contribution in [-0.2, 0) is 17.8 Å². The van der Waals surface area contributed by atoms with E-state index in [0.717, 1.165) is 27.7 Å². The summed E-state index contributed by atoms with van der Waals surface area (Å²) < 4.78 is 6.50. The number of thiazole rings is 1. The highest BCUT2D eigenvalue weighted by Crippen LogP contribution is 2.23. The second kappa shape index (κ2) is 8.92. The van der Waals surface area contributed by atoms with Crippen molar-refractivity contribution in [3.63, 3.8) is 0 Å². The predicted octanol–water partition coefficient (Wildman–Crippen LogP) is 4.79. The summed E-state index contributed by atoms with van der Waals surface area (Å²) in [4.78, 5) is 27.7. The van der Waals surface area contributed by atoms with E-state index >= 15 is 0 Å². The van der Waals surface area contributed by atoms with Gasteiger partial charge in [0.15, 0.2) is 6.29 Å². The Morgan fingerprint density at radius 2 is 2.04 bits per heavy atom. The maximum absolute atomic E-state index is 12.2. The molecule has 1 amide bonds. The standard InChI is InChI=1S/C20H17BrN2O3S/c1-13-2-5-16(6-3-13)22-19(25)9-20-23-17(12-27-20)11-26-18-7-4-15(21)8-14(18)10-24/h2-8,10,12H,9,11H2,1H3,(H,22,25). The molecule has 0 aliphatic heterocycles. The van der Waals surface area contributed by atoms with Gasteiger partial charge in [0.05, 0.1) is 17.7 Å². The molecule has 138 valence electrons. The van der Waals surface area contributed by atoms with E-state index in [0.29, 0.717) is 16.3 Å². The number of benzene rings is 2. The lowest BCUT2D eigenvalue weighted by molar-refractivity contribution is -0.115. The molecule has 0 aliphatic carbocycles. The van der Waals surface area contributed by atoms with Gasteiger partial charge in [-0.05, 0) is 37.3 Å². The van der Waals surface area contributed by atoms with Gasteiger partial charge in [0, 0.05) is 15.5 Å². The number of rotatable bonds is 7. The summed E-state index contributed by atoms with van der Waals surface area (Å²) in [6.07, 6.45) is 0.957. The van der Waals surface area contributed by atoms with Crippen molar-refractivity contribution in [1.29, 1.82) is 0 Å². The first kappa shape index (κ1) is 19.3. The monoisotopic (exact) mass is 444 g/mol. The average molecular weight is 445 g/mol. The molecule has 0 bridgehead atoms. The molecule has 1 N–H and O–H groups in total. The van der Waals surface area contributed by atoms with Crippen LogP contribution < -0.4 is 10.1 Å². The Bertz CT molecular complexity index is 954. The van der Waals surface area contributed by atoms with Gasteiger partial charge in [-0.15, -0.1) is 11.3 Å². The van der Waals surface area contributed by atoms with Crippen LogP contribution in [-0.4, -0.2) is 17.2 Å². The Labute approximate surface area is 169 Å². The van der Waals surface area contributed by atoms with Crippen LogP contribution in [0.3, 0.4) is 0 Å². The largest absolute Gasteiger partial charge is 0.487 e. The molecule has 3 aromatic rings. The highest BCUT2D eigenvalue weighted by Gasteiger charge is 2.10. The van der Waals surface area contributed by atoms with Crippen LogP contribution in [0.5, 0.6) is 5.75 Å². The minimum absolute atomic E-state index is 0.114. The molecule has 0 spiro atoms. The molecule has 0 radical (unpaired) electrons. The highest BCUT2D eigenvalue weighted by atomic mass is 79.9. The van der Waals surface area contributed by atoms with Gasteiger partial charge in [-0.1, -0.05) is 33.6 Å². The number of carbonyl (C=O) groups excluding carboxylic acids is 2. The summed E-state index contributed by atoms with van der Waals surface area (Å²) in [5.41, 5.74) is 3.10.